The van der Waals surface area contributed by atoms with Crippen molar-refractivity contribution in [2.75, 3.05) is 0 Å². The molecule has 0 bridgehead atoms. The maximum Gasteiger partial charge on any atom is 0.152 e. The summed E-state index contributed by atoms with van der Waals surface area (Å²) in [6.07, 6.45) is 3.66. The first-order valence-corrected chi connectivity index (χ1v) is 5.17. The lowest BCUT2D eigenvalue weighted by atomic mass is 10.3. The van der Waals surface area contributed by atoms with Gasteiger partial charge in [-0.25, -0.2) is 4.98 Å². The lowest BCUT2D eigenvalue weighted by Crippen LogP contribution is -2.21. The van der Waals surface area contributed by atoms with Crippen LogP contribution in [0.3, 0.4) is 0 Å². The molecule has 2 aromatic rings. The van der Waals surface area contributed by atoms with E-state index in [2.05, 4.69) is 10.1 Å². The normalized spacial score (nSPS) is 11.0. The Morgan fingerprint density at radius 2 is 2.12 bits per heavy atom. The predicted molar refractivity (Wildman–Crippen MR) is 69.8 cm³/mol. The van der Waals surface area contributed by atoms with Gasteiger partial charge in [0.05, 0.1) is 6.54 Å². The number of hydrogen-bond donors (Lipinski definition) is 1. The Morgan fingerprint density at radius 1 is 1.29 bits per heavy atom. The maximum atomic E-state index is 5.72. The fourth-order valence-electron chi connectivity index (χ4n) is 1.41. The second-order valence-corrected chi connectivity index (χ2v) is 3.69. The van der Waals surface area contributed by atoms with Crippen molar-refractivity contribution >= 4 is 24.0 Å². The molecule has 4 nitrogen and oxygen atoms in total. The average molecular weight is 271 g/mol. The topological polar surface area (TPSA) is 56.2 Å². The number of pyridine rings is 2. The van der Waals surface area contributed by atoms with Gasteiger partial charge in [-0.3, -0.25) is 0 Å². The van der Waals surface area contributed by atoms with Crippen molar-refractivity contribution < 1.29 is 0 Å². The minimum absolute atomic E-state index is 0. The van der Waals surface area contributed by atoms with E-state index in [0.29, 0.717) is 11.7 Å². The van der Waals surface area contributed by atoms with E-state index in [1.54, 1.807) is 12.3 Å². The molecule has 2 heterocycles. The molecule has 17 heavy (non-hydrogen) atoms. The smallest absolute Gasteiger partial charge is 0.152 e. The van der Waals surface area contributed by atoms with Gasteiger partial charge in [0.15, 0.2) is 5.49 Å². The molecule has 0 saturated heterocycles. The number of halogens is 2. The van der Waals surface area contributed by atoms with Crippen molar-refractivity contribution in [3.05, 3.63) is 58.9 Å². The van der Waals surface area contributed by atoms with Crippen molar-refractivity contribution in [1.29, 1.82) is 0 Å². The van der Waals surface area contributed by atoms with Gasteiger partial charge in [0.25, 0.3) is 0 Å². The molecular weight excluding hydrogens is 259 g/mol. The van der Waals surface area contributed by atoms with Crippen molar-refractivity contribution in [2.24, 2.45) is 10.9 Å². The van der Waals surface area contributed by atoms with Gasteiger partial charge in [-0.1, -0.05) is 23.7 Å². The van der Waals surface area contributed by atoms with E-state index >= 15 is 0 Å². The molecule has 0 amide bonds. The minimum atomic E-state index is 0. The first-order valence-electron chi connectivity index (χ1n) is 4.79. The largest absolute Gasteiger partial charge is 0.327 e. The van der Waals surface area contributed by atoms with E-state index in [0.717, 1.165) is 11.1 Å². The number of nitrogens with zero attached hydrogens (tertiary/aromatic N) is 3. The Kier molecular flexibility index (Phi) is 5.00. The van der Waals surface area contributed by atoms with Gasteiger partial charge in [-0.2, -0.15) is 5.10 Å². The fourth-order valence-corrected chi connectivity index (χ4v) is 1.53. The number of nitrogens with two attached hydrogens (primary N) is 1. The van der Waals surface area contributed by atoms with Gasteiger partial charge in [0.2, 0.25) is 0 Å². The van der Waals surface area contributed by atoms with Gasteiger partial charge < -0.3 is 10.4 Å². The number of aromatic nitrogens is 2. The zero-order valence-corrected chi connectivity index (χ0v) is 10.5. The highest BCUT2D eigenvalue weighted by molar-refractivity contribution is 6.29. The van der Waals surface area contributed by atoms with Crippen LogP contribution in [-0.2, 0) is 6.54 Å². The van der Waals surface area contributed by atoms with Crippen LogP contribution < -0.4 is 11.3 Å². The maximum absolute atomic E-state index is 5.72. The Labute approximate surface area is 110 Å². The molecule has 2 rings (SSSR count). The van der Waals surface area contributed by atoms with E-state index in [4.69, 9.17) is 17.4 Å². The summed E-state index contributed by atoms with van der Waals surface area (Å²) in [4.78, 5) is 4.02. The molecule has 2 N–H and O–H groups in total. The SMILES string of the molecule is Cl.N/N=c1\ccccn1Cc1ccc(Cl)nc1. The molecule has 6 heteroatoms. The summed E-state index contributed by atoms with van der Waals surface area (Å²) in [5.41, 5.74) is 1.77. The second-order valence-electron chi connectivity index (χ2n) is 3.31. The summed E-state index contributed by atoms with van der Waals surface area (Å²) in [5, 5.41) is 4.19. The first-order chi connectivity index (χ1) is 7.79. The summed E-state index contributed by atoms with van der Waals surface area (Å²) < 4.78 is 1.94. The van der Waals surface area contributed by atoms with E-state index in [-0.39, 0.29) is 12.4 Å². The molecular formula is C11H12Cl2N4. The molecule has 0 aromatic carbocycles. The number of hydrogen-bond acceptors (Lipinski definition) is 3. The quantitative estimate of drug-likeness (QED) is 0.514. The van der Waals surface area contributed by atoms with Crippen LogP contribution >= 0.6 is 24.0 Å². The molecule has 0 unspecified atom stereocenters. The van der Waals surface area contributed by atoms with Crippen LogP contribution in [-0.4, -0.2) is 9.55 Å². The van der Waals surface area contributed by atoms with Crippen LogP contribution in [0.5, 0.6) is 0 Å². The zero-order valence-electron chi connectivity index (χ0n) is 8.95. The van der Waals surface area contributed by atoms with Gasteiger partial charge in [0, 0.05) is 12.4 Å². The minimum Gasteiger partial charge on any atom is -0.327 e. The third-order valence-corrected chi connectivity index (χ3v) is 2.41. The fraction of sp³-hybridized carbons (Fsp3) is 0.0909. The third kappa shape index (κ3) is 3.47. The summed E-state index contributed by atoms with van der Waals surface area (Å²) in [6, 6.07) is 9.36. The molecule has 90 valence electrons. The van der Waals surface area contributed by atoms with Crippen molar-refractivity contribution in [1.82, 2.24) is 9.55 Å². The summed E-state index contributed by atoms with van der Waals surface area (Å²) >= 11 is 5.72. The molecule has 0 aliphatic carbocycles. The van der Waals surface area contributed by atoms with Gasteiger partial charge in [0.1, 0.15) is 5.15 Å². The van der Waals surface area contributed by atoms with E-state index in [1.807, 2.05) is 35.0 Å². The summed E-state index contributed by atoms with van der Waals surface area (Å²) in [6.45, 7) is 0.668. The van der Waals surface area contributed by atoms with Crippen molar-refractivity contribution in [3.8, 4) is 0 Å². The monoisotopic (exact) mass is 270 g/mol. The zero-order chi connectivity index (χ0) is 11.4. The Balaban J connectivity index is 0.00000144. The molecule has 0 aliphatic heterocycles. The molecule has 0 aliphatic rings. The van der Waals surface area contributed by atoms with Gasteiger partial charge in [-0.15, -0.1) is 12.4 Å². The van der Waals surface area contributed by atoms with Crippen molar-refractivity contribution in [3.63, 3.8) is 0 Å². The third-order valence-electron chi connectivity index (χ3n) is 2.19. The van der Waals surface area contributed by atoms with Gasteiger partial charge in [-0.05, 0) is 23.8 Å². The number of rotatable bonds is 2. The standard InChI is InChI=1S/C11H11ClN4.ClH/c12-10-5-4-9(7-14-10)8-16-6-2-1-3-11(16)15-13;/h1-7H,8,13H2;1H/b15-11+;. The van der Waals surface area contributed by atoms with Crippen LogP contribution in [0.25, 0.3) is 0 Å². The Hall–Kier alpha value is -1.52. The highest BCUT2D eigenvalue weighted by atomic mass is 35.5. The highest BCUT2D eigenvalue weighted by Gasteiger charge is 1.96. The van der Waals surface area contributed by atoms with Crippen LogP contribution in [0.2, 0.25) is 5.15 Å². The van der Waals surface area contributed by atoms with E-state index in [1.165, 1.54) is 0 Å². The van der Waals surface area contributed by atoms with E-state index in [9.17, 15) is 0 Å². The first kappa shape index (κ1) is 13.5. The molecule has 0 fully saturated rings. The molecule has 0 spiro atoms. The van der Waals surface area contributed by atoms with Crippen LogP contribution in [0, 0.1) is 0 Å². The van der Waals surface area contributed by atoms with Crippen LogP contribution in [0.15, 0.2) is 47.8 Å². The summed E-state index contributed by atoms with van der Waals surface area (Å²) in [7, 11) is 0. The lowest BCUT2D eigenvalue weighted by molar-refractivity contribution is 0.730. The second kappa shape index (κ2) is 6.27. The Bertz CT molecular complexity index is 534. The molecule has 0 radical (unpaired) electrons. The average Bonchev–Trinajstić information content (AvgIpc) is 2.33. The van der Waals surface area contributed by atoms with Crippen LogP contribution in [0.4, 0.5) is 0 Å². The Morgan fingerprint density at radius 3 is 2.76 bits per heavy atom. The molecule has 0 atom stereocenters. The molecule has 2 aromatic heterocycles. The molecule has 0 saturated carbocycles. The predicted octanol–water partition coefficient (Wildman–Crippen LogP) is 1.78. The van der Waals surface area contributed by atoms with Crippen molar-refractivity contribution in [2.45, 2.75) is 6.54 Å². The highest BCUT2D eigenvalue weighted by Crippen LogP contribution is 2.05. The van der Waals surface area contributed by atoms with Gasteiger partial charge >= 0.3 is 0 Å². The van der Waals surface area contributed by atoms with Crippen LogP contribution in [0.1, 0.15) is 5.56 Å². The summed E-state index contributed by atoms with van der Waals surface area (Å²) in [5.74, 6) is 5.30. The lowest BCUT2D eigenvalue weighted by Gasteiger charge is -2.06. The van der Waals surface area contributed by atoms with E-state index < -0.39 is 0 Å².